The number of hydrogen-bond acceptors (Lipinski definition) is 5. The van der Waals surface area contributed by atoms with Crippen LogP contribution in [0.4, 0.5) is 11.8 Å². The van der Waals surface area contributed by atoms with E-state index in [2.05, 4.69) is 20.6 Å². The first-order chi connectivity index (χ1) is 8.06. The molecule has 1 amide bonds. The molecule has 0 saturated carbocycles. The number of hydrogen-bond donors (Lipinski definition) is 2. The number of rotatable bonds is 5. The fourth-order valence-corrected chi connectivity index (χ4v) is 1.37. The molecule has 0 spiro atoms. The molecule has 1 heterocycles. The Bertz CT molecular complexity index is 393. The zero-order valence-corrected chi connectivity index (χ0v) is 10.7. The average Bonchev–Trinajstić information content (AvgIpc) is 2.34. The van der Waals surface area contributed by atoms with Crippen molar-refractivity contribution in [3.63, 3.8) is 0 Å². The minimum Gasteiger partial charge on any atom is -0.359 e. The number of aromatic nitrogens is 2. The zero-order valence-electron chi connectivity index (χ0n) is 10.7. The van der Waals surface area contributed by atoms with Crippen LogP contribution < -0.4 is 15.5 Å². The lowest BCUT2D eigenvalue weighted by Crippen LogP contribution is -2.27. The van der Waals surface area contributed by atoms with Crippen molar-refractivity contribution in [3.8, 4) is 0 Å². The van der Waals surface area contributed by atoms with E-state index in [4.69, 9.17) is 0 Å². The molecular weight excluding hydrogens is 218 g/mol. The van der Waals surface area contributed by atoms with Gasteiger partial charge >= 0.3 is 0 Å². The van der Waals surface area contributed by atoms with Crippen molar-refractivity contribution in [2.75, 3.05) is 37.9 Å². The Balaban J connectivity index is 2.71. The second-order valence-electron chi connectivity index (χ2n) is 3.79. The maximum absolute atomic E-state index is 11.2. The van der Waals surface area contributed by atoms with E-state index >= 15 is 0 Å². The average molecular weight is 237 g/mol. The second kappa shape index (κ2) is 6.03. The highest BCUT2D eigenvalue weighted by molar-refractivity contribution is 5.76. The van der Waals surface area contributed by atoms with Gasteiger partial charge in [0.1, 0.15) is 5.82 Å². The monoisotopic (exact) mass is 237 g/mol. The summed E-state index contributed by atoms with van der Waals surface area (Å²) >= 11 is 0. The van der Waals surface area contributed by atoms with Gasteiger partial charge in [0.2, 0.25) is 11.9 Å². The molecular formula is C11H19N5O. The highest BCUT2D eigenvalue weighted by atomic mass is 16.1. The van der Waals surface area contributed by atoms with Crippen molar-refractivity contribution < 1.29 is 4.79 Å². The minimum atomic E-state index is 0.0245. The smallest absolute Gasteiger partial charge is 0.224 e. The van der Waals surface area contributed by atoms with E-state index < -0.39 is 0 Å². The molecule has 0 unspecified atom stereocenters. The number of amides is 1. The Labute approximate surface area is 101 Å². The quantitative estimate of drug-likeness (QED) is 0.775. The van der Waals surface area contributed by atoms with Gasteiger partial charge in [-0.25, -0.2) is 4.98 Å². The minimum absolute atomic E-state index is 0.0245. The summed E-state index contributed by atoms with van der Waals surface area (Å²) < 4.78 is 0. The molecule has 0 aliphatic heterocycles. The van der Waals surface area contributed by atoms with Crippen molar-refractivity contribution in [1.82, 2.24) is 15.3 Å². The first kappa shape index (κ1) is 13.2. The predicted molar refractivity (Wildman–Crippen MR) is 68.3 cm³/mol. The topological polar surface area (TPSA) is 70.2 Å². The fraction of sp³-hybridized carbons (Fsp3) is 0.545. The van der Waals surface area contributed by atoms with E-state index in [1.165, 1.54) is 0 Å². The molecule has 6 heteroatoms. The van der Waals surface area contributed by atoms with Crippen LogP contribution in [0.3, 0.4) is 0 Å². The molecule has 0 radical (unpaired) electrons. The van der Waals surface area contributed by atoms with Gasteiger partial charge in [0.15, 0.2) is 0 Å². The summed E-state index contributed by atoms with van der Waals surface area (Å²) in [6.45, 7) is 2.54. The highest BCUT2D eigenvalue weighted by Crippen LogP contribution is 2.13. The molecule has 1 aromatic rings. The van der Waals surface area contributed by atoms with Crippen LogP contribution in [0, 0.1) is 6.92 Å². The zero-order chi connectivity index (χ0) is 12.8. The molecule has 6 nitrogen and oxygen atoms in total. The molecule has 0 saturated heterocycles. The summed E-state index contributed by atoms with van der Waals surface area (Å²) in [4.78, 5) is 21.6. The summed E-state index contributed by atoms with van der Waals surface area (Å²) in [7, 11) is 5.32. The van der Waals surface area contributed by atoms with Crippen LogP contribution in [0.25, 0.3) is 0 Å². The van der Waals surface area contributed by atoms with E-state index in [1.54, 1.807) is 14.1 Å². The van der Waals surface area contributed by atoms with Gasteiger partial charge < -0.3 is 15.5 Å². The van der Waals surface area contributed by atoms with Crippen molar-refractivity contribution in [2.24, 2.45) is 0 Å². The lowest BCUT2D eigenvalue weighted by atomic mass is 10.3. The Morgan fingerprint density at radius 2 is 2.12 bits per heavy atom. The van der Waals surface area contributed by atoms with Gasteiger partial charge in [-0.15, -0.1) is 0 Å². The van der Waals surface area contributed by atoms with E-state index in [-0.39, 0.29) is 5.91 Å². The molecule has 0 aliphatic rings. The molecule has 1 rings (SSSR count). The van der Waals surface area contributed by atoms with Gasteiger partial charge in [0.05, 0.1) is 0 Å². The van der Waals surface area contributed by atoms with Gasteiger partial charge in [0, 0.05) is 45.9 Å². The normalized spacial score (nSPS) is 9.88. The van der Waals surface area contributed by atoms with Crippen LogP contribution in [0.1, 0.15) is 12.1 Å². The van der Waals surface area contributed by atoms with E-state index in [0.29, 0.717) is 18.9 Å². The summed E-state index contributed by atoms with van der Waals surface area (Å²) in [5.41, 5.74) is 0.895. The number of anilines is 2. The largest absolute Gasteiger partial charge is 0.359 e. The maximum Gasteiger partial charge on any atom is 0.224 e. The Morgan fingerprint density at radius 1 is 1.41 bits per heavy atom. The molecule has 94 valence electrons. The SMILES string of the molecule is CNC(=O)CCN(C)c1cc(C)nc(NC)n1. The van der Waals surface area contributed by atoms with Crippen LogP contribution in [0.15, 0.2) is 6.07 Å². The summed E-state index contributed by atoms with van der Waals surface area (Å²) in [6, 6.07) is 1.89. The fourth-order valence-electron chi connectivity index (χ4n) is 1.37. The first-order valence-corrected chi connectivity index (χ1v) is 5.52. The third-order valence-corrected chi connectivity index (χ3v) is 2.41. The molecule has 0 bridgehead atoms. The Hall–Kier alpha value is -1.85. The molecule has 0 aromatic carbocycles. The number of nitrogens with one attached hydrogen (secondary N) is 2. The number of carbonyl (C=O) groups excluding carboxylic acids is 1. The van der Waals surface area contributed by atoms with E-state index in [0.717, 1.165) is 11.5 Å². The first-order valence-electron chi connectivity index (χ1n) is 5.52. The van der Waals surface area contributed by atoms with Gasteiger partial charge in [0.25, 0.3) is 0 Å². The third kappa shape index (κ3) is 3.90. The van der Waals surface area contributed by atoms with Crippen molar-refractivity contribution in [3.05, 3.63) is 11.8 Å². The van der Waals surface area contributed by atoms with Crippen molar-refractivity contribution in [1.29, 1.82) is 0 Å². The van der Waals surface area contributed by atoms with Crippen LogP contribution in [0.2, 0.25) is 0 Å². The molecule has 1 aromatic heterocycles. The van der Waals surface area contributed by atoms with Gasteiger partial charge in [-0.3, -0.25) is 4.79 Å². The Kier molecular flexibility index (Phi) is 4.68. The number of carbonyl (C=O) groups is 1. The highest BCUT2D eigenvalue weighted by Gasteiger charge is 2.07. The van der Waals surface area contributed by atoms with Gasteiger partial charge in [-0.05, 0) is 6.92 Å². The third-order valence-electron chi connectivity index (χ3n) is 2.41. The second-order valence-corrected chi connectivity index (χ2v) is 3.79. The van der Waals surface area contributed by atoms with E-state index in [1.807, 2.05) is 24.9 Å². The maximum atomic E-state index is 11.2. The summed E-state index contributed by atoms with van der Waals surface area (Å²) in [5.74, 6) is 1.43. The van der Waals surface area contributed by atoms with E-state index in [9.17, 15) is 4.79 Å². The Morgan fingerprint density at radius 3 is 2.71 bits per heavy atom. The number of aryl methyl sites for hydroxylation is 1. The molecule has 2 N–H and O–H groups in total. The van der Waals surface area contributed by atoms with Gasteiger partial charge in [-0.1, -0.05) is 0 Å². The van der Waals surface area contributed by atoms with Crippen LogP contribution in [-0.4, -0.2) is 43.6 Å². The van der Waals surface area contributed by atoms with Gasteiger partial charge in [-0.2, -0.15) is 4.98 Å². The molecule has 17 heavy (non-hydrogen) atoms. The standard InChI is InChI=1S/C11H19N5O/c1-8-7-9(15-11(13-3)14-8)16(4)6-5-10(17)12-2/h7H,5-6H2,1-4H3,(H,12,17)(H,13,14,15). The molecule has 0 fully saturated rings. The van der Waals surface area contributed by atoms with Crippen LogP contribution in [-0.2, 0) is 4.79 Å². The van der Waals surface area contributed by atoms with Crippen molar-refractivity contribution >= 4 is 17.7 Å². The summed E-state index contributed by atoms with van der Waals surface area (Å²) in [6.07, 6.45) is 0.449. The number of nitrogens with zero attached hydrogens (tertiary/aromatic N) is 3. The molecule has 0 aliphatic carbocycles. The van der Waals surface area contributed by atoms with Crippen molar-refractivity contribution in [2.45, 2.75) is 13.3 Å². The predicted octanol–water partition coefficient (Wildman–Crippen LogP) is 0.399. The lowest BCUT2D eigenvalue weighted by Gasteiger charge is -2.18. The lowest BCUT2D eigenvalue weighted by molar-refractivity contribution is -0.120. The van der Waals surface area contributed by atoms with Crippen LogP contribution >= 0.6 is 0 Å². The molecule has 0 atom stereocenters. The summed E-state index contributed by atoms with van der Waals surface area (Å²) in [5, 5.41) is 5.51. The van der Waals surface area contributed by atoms with Crippen LogP contribution in [0.5, 0.6) is 0 Å².